The topological polar surface area (TPSA) is 55.9 Å². The predicted octanol–water partition coefficient (Wildman–Crippen LogP) is 0.750. The van der Waals surface area contributed by atoms with Crippen LogP contribution in [0.5, 0.6) is 0 Å². The van der Waals surface area contributed by atoms with E-state index >= 15 is 0 Å². The Morgan fingerprint density at radius 3 is 2.50 bits per heavy atom. The molecule has 0 aromatic carbocycles. The predicted molar refractivity (Wildman–Crippen MR) is 98.0 cm³/mol. The number of piperazine rings is 1. The first kappa shape index (κ1) is 19.2. The molecule has 0 aliphatic carbocycles. The lowest BCUT2D eigenvalue weighted by atomic mass is 10.2. The van der Waals surface area contributed by atoms with Gasteiger partial charge in [-0.15, -0.1) is 23.7 Å². The highest BCUT2D eigenvalue weighted by Crippen LogP contribution is 2.14. The smallest absolute Gasteiger partial charge is 0.264 e. The summed E-state index contributed by atoms with van der Waals surface area (Å²) in [5.74, 6) is 0.279. The molecular weight excluding hydrogens is 348 g/mol. The van der Waals surface area contributed by atoms with Crippen molar-refractivity contribution in [3.63, 3.8) is 0 Å². The molecule has 134 valence electrons. The highest BCUT2D eigenvalue weighted by atomic mass is 35.5. The maximum atomic E-state index is 12.4. The van der Waals surface area contributed by atoms with Crippen LogP contribution < -0.4 is 5.32 Å². The fourth-order valence-corrected chi connectivity index (χ4v) is 3.76. The quantitative estimate of drug-likeness (QED) is 0.850. The number of hydrogen-bond donors (Lipinski definition) is 1. The summed E-state index contributed by atoms with van der Waals surface area (Å²) in [5.41, 5.74) is 0. The molecule has 0 spiro atoms. The van der Waals surface area contributed by atoms with Gasteiger partial charge in [0.15, 0.2) is 0 Å². The first-order valence-electron chi connectivity index (χ1n) is 8.27. The van der Waals surface area contributed by atoms with Gasteiger partial charge in [0.1, 0.15) is 0 Å². The van der Waals surface area contributed by atoms with Crippen molar-refractivity contribution in [3.05, 3.63) is 22.4 Å². The molecule has 2 saturated heterocycles. The number of carbonyl (C=O) groups excluding carboxylic acids is 2. The summed E-state index contributed by atoms with van der Waals surface area (Å²) in [7, 11) is 0. The normalized spacial score (nSPS) is 19.5. The molecule has 0 radical (unpaired) electrons. The summed E-state index contributed by atoms with van der Waals surface area (Å²) >= 11 is 1.47. The Hall–Kier alpha value is -1.15. The fraction of sp³-hybridized carbons (Fsp3) is 0.625. The Kier molecular flexibility index (Phi) is 7.48. The van der Waals surface area contributed by atoms with Crippen molar-refractivity contribution in [1.29, 1.82) is 0 Å². The number of halogens is 1. The minimum atomic E-state index is 0. The van der Waals surface area contributed by atoms with Gasteiger partial charge in [-0.05, 0) is 31.0 Å². The van der Waals surface area contributed by atoms with E-state index in [1.54, 1.807) is 0 Å². The standard InChI is InChI=1S/C16H24N4O2S.ClH/c21-15(13-18-6-2-4-17-5-7-18)19-8-10-20(11-9-19)16(22)14-3-1-12-23-14;/h1,3,12,17H,2,4-11,13H2;1H. The van der Waals surface area contributed by atoms with Crippen molar-refractivity contribution in [3.8, 4) is 0 Å². The second-order valence-corrected chi connectivity index (χ2v) is 6.98. The first-order valence-corrected chi connectivity index (χ1v) is 9.15. The average molecular weight is 373 g/mol. The Balaban J connectivity index is 0.00000208. The summed E-state index contributed by atoms with van der Waals surface area (Å²) in [6.07, 6.45) is 1.09. The van der Waals surface area contributed by atoms with Gasteiger partial charge in [-0.1, -0.05) is 6.07 Å². The van der Waals surface area contributed by atoms with E-state index in [0.717, 1.165) is 37.5 Å². The minimum absolute atomic E-state index is 0. The molecule has 3 rings (SSSR count). The molecule has 8 heteroatoms. The fourth-order valence-electron chi connectivity index (χ4n) is 3.07. The lowest BCUT2D eigenvalue weighted by molar-refractivity contribution is -0.133. The third kappa shape index (κ3) is 4.92. The van der Waals surface area contributed by atoms with Crippen molar-refractivity contribution in [2.45, 2.75) is 6.42 Å². The van der Waals surface area contributed by atoms with E-state index in [1.807, 2.05) is 27.3 Å². The van der Waals surface area contributed by atoms with Gasteiger partial charge in [0, 0.05) is 39.3 Å². The molecule has 0 unspecified atom stereocenters. The highest BCUT2D eigenvalue weighted by molar-refractivity contribution is 7.12. The second kappa shape index (κ2) is 9.36. The van der Waals surface area contributed by atoms with Crippen LogP contribution in [0.15, 0.2) is 17.5 Å². The van der Waals surface area contributed by atoms with Gasteiger partial charge in [0.25, 0.3) is 5.91 Å². The number of carbonyl (C=O) groups is 2. The van der Waals surface area contributed by atoms with Gasteiger partial charge in [-0.2, -0.15) is 0 Å². The molecule has 2 fully saturated rings. The van der Waals surface area contributed by atoms with Gasteiger partial charge in [-0.25, -0.2) is 0 Å². The van der Waals surface area contributed by atoms with Crippen molar-refractivity contribution < 1.29 is 9.59 Å². The molecule has 6 nitrogen and oxygen atoms in total. The number of amides is 2. The summed E-state index contributed by atoms with van der Waals surface area (Å²) in [6.45, 7) is 6.95. The molecule has 1 aromatic heterocycles. The zero-order valence-electron chi connectivity index (χ0n) is 13.8. The molecule has 1 aromatic rings. The van der Waals surface area contributed by atoms with E-state index < -0.39 is 0 Å². The Bertz CT molecular complexity index is 524. The van der Waals surface area contributed by atoms with E-state index in [1.165, 1.54) is 11.3 Å². The van der Waals surface area contributed by atoms with Crippen LogP contribution in [0.4, 0.5) is 0 Å². The van der Waals surface area contributed by atoms with Crippen LogP contribution in [0.2, 0.25) is 0 Å². The van der Waals surface area contributed by atoms with E-state index in [-0.39, 0.29) is 24.2 Å². The summed E-state index contributed by atoms with van der Waals surface area (Å²) < 4.78 is 0. The van der Waals surface area contributed by atoms with Crippen LogP contribution in [0.1, 0.15) is 16.1 Å². The molecule has 2 aliphatic rings. The maximum absolute atomic E-state index is 12.4. The lowest BCUT2D eigenvalue weighted by Crippen LogP contribution is -2.52. The summed E-state index contributed by atoms with van der Waals surface area (Å²) in [5, 5.41) is 5.27. The van der Waals surface area contributed by atoms with Gasteiger partial charge in [-0.3, -0.25) is 14.5 Å². The molecule has 3 heterocycles. The molecule has 0 atom stereocenters. The molecular formula is C16H25ClN4O2S. The maximum Gasteiger partial charge on any atom is 0.264 e. The van der Waals surface area contributed by atoms with Gasteiger partial charge < -0.3 is 15.1 Å². The van der Waals surface area contributed by atoms with Crippen LogP contribution in [-0.2, 0) is 4.79 Å². The van der Waals surface area contributed by atoms with E-state index in [2.05, 4.69) is 10.2 Å². The van der Waals surface area contributed by atoms with Gasteiger partial charge in [0.05, 0.1) is 11.4 Å². The first-order chi connectivity index (χ1) is 11.2. The SMILES string of the molecule is Cl.O=C(CN1CCCNCC1)N1CCN(C(=O)c2cccs2)CC1. The molecule has 1 N–H and O–H groups in total. The van der Waals surface area contributed by atoms with Crippen molar-refractivity contribution in [1.82, 2.24) is 20.0 Å². The summed E-state index contributed by atoms with van der Waals surface area (Å²) in [4.78, 5) is 31.5. The van der Waals surface area contributed by atoms with Crippen LogP contribution >= 0.6 is 23.7 Å². The molecule has 2 aliphatic heterocycles. The molecule has 0 saturated carbocycles. The van der Waals surface area contributed by atoms with E-state index in [4.69, 9.17) is 0 Å². The molecule has 24 heavy (non-hydrogen) atoms. The summed E-state index contributed by atoms with van der Waals surface area (Å²) in [6, 6.07) is 3.76. The van der Waals surface area contributed by atoms with E-state index in [0.29, 0.717) is 32.7 Å². The number of thiophene rings is 1. The average Bonchev–Trinajstić information content (AvgIpc) is 3.00. The Morgan fingerprint density at radius 2 is 1.79 bits per heavy atom. The third-order valence-electron chi connectivity index (χ3n) is 4.44. The van der Waals surface area contributed by atoms with Crippen LogP contribution in [0, 0.1) is 0 Å². The van der Waals surface area contributed by atoms with Crippen LogP contribution in [0.3, 0.4) is 0 Å². The number of nitrogens with one attached hydrogen (secondary N) is 1. The Labute approximate surface area is 153 Å². The molecule has 2 amide bonds. The number of hydrogen-bond acceptors (Lipinski definition) is 5. The van der Waals surface area contributed by atoms with Crippen molar-refractivity contribution in [2.24, 2.45) is 0 Å². The van der Waals surface area contributed by atoms with Crippen molar-refractivity contribution >= 4 is 35.6 Å². The zero-order valence-corrected chi connectivity index (χ0v) is 15.4. The minimum Gasteiger partial charge on any atom is -0.338 e. The third-order valence-corrected chi connectivity index (χ3v) is 5.30. The van der Waals surface area contributed by atoms with Gasteiger partial charge in [0.2, 0.25) is 5.91 Å². The number of rotatable bonds is 3. The monoisotopic (exact) mass is 372 g/mol. The largest absolute Gasteiger partial charge is 0.338 e. The highest BCUT2D eigenvalue weighted by Gasteiger charge is 2.26. The second-order valence-electron chi connectivity index (χ2n) is 6.03. The Morgan fingerprint density at radius 1 is 1.04 bits per heavy atom. The van der Waals surface area contributed by atoms with Crippen LogP contribution in [-0.4, -0.2) is 85.4 Å². The van der Waals surface area contributed by atoms with Crippen molar-refractivity contribution in [2.75, 3.05) is 58.9 Å². The molecule has 0 bridgehead atoms. The lowest BCUT2D eigenvalue weighted by Gasteiger charge is -2.35. The number of nitrogens with zero attached hydrogens (tertiary/aromatic N) is 3. The van der Waals surface area contributed by atoms with Crippen LogP contribution in [0.25, 0.3) is 0 Å². The van der Waals surface area contributed by atoms with E-state index in [9.17, 15) is 9.59 Å². The zero-order chi connectivity index (χ0) is 16.1. The van der Waals surface area contributed by atoms with Gasteiger partial charge >= 0.3 is 0 Å².